The predicted molar refractivity (Wildman–Crippen MR) is 67.5 cm³/mol. The second-order valence-corrected chi connectivity index (χ2v) is 5.58. The zero-order valence-electron chi connectivity index (χ0n) is 10.5. The standard InChI is InChI=1S/C14H16F2N2O/c15-9-3-4-10(17)13(16)12(9)14(19)18-11-6-7-1-2-8(11)5-7/h3-4,7-8,11H,1-2,5-6,17H2,(H,18,19). The number of fused-ring (bicyclic) bond motifs is 2. The zero-order valence-corrected chi connectivity index (χ0v) is 10.5. The van der Waals surface area contributed by atoms with E-state index in [9.17, 15) is 13.6 Å². The molecule has 5 heteroatoms. The first kappa shape index (κ1) is 12.4. The molecule has 0 radical (unpaired) electrons. The Morgan fingerprint density at radius 3 is 2.68 bits per heavy atom. The van der Waals surface area contributed by atoms with E-state index in [0.717, 1.165) is 31.4 Å². The number of carbonyl (C=O) groups excluding carboxylic acids is 1. The molecule has 3 N–H and O–H groups in total. The van der Waals surface area contributed by atoms with Crippen molar-refractivity contribution in [1.29, 1.82) is 0 Å². The van der Waals surface area contributed by atoms with Gasteiger partial charge in [0, 0.05) is 6.04 Å². The summed E-state index contributed by atoms with van der Waals surface area (Å²) in [5, 5.41) is 2.76. The third-order valence-corrected chi connectivity index (χ3v) is 4.40. The van der Waals surface area contributed by atoms with Crippen molar-refractivity contribution in [2.45, 2.75) is 31.7 Å². The van der Waals surface area contributed by atoms with E-state index in [1.165, 1.54) is 6.42 Å². The molecule has 0 aromatic heterocycles. The summed E-state index contributed by atoms with van der Waals surface area (Å²) in [6.45, 7) is 0. The average Bonchev–Trinajstić information content (AvgIpc) is 2.96. The van der Waals surface area contributed by atoms with Crippen LogP contribution in [0.5, 0.6) is 0 Å². The number of nitrogens with two attached hydrogens (primary N) is 1. The maximum atomic E-state index is 13.7. The molecule has 1 aromatic carbocycles. The number of carbonyl (C=O) groups is 1. The number of nitrogen functional groups attached to an aromatic ring is 1. The van der Waals surface area contributed by atoms with E-state index in [1.54, 1.807) is 0 Å². The maximum absolute atomic E-state index is 13.7. The lowest BCUT2D eigenvalue weighted by Crippen LogP contribution is -2.39. The van der Waals surface area contributed by atoms with Crippen molar-refractivity contribution in [2.24, 2.45) is 11.8 Å². The van der Waals surface area contributed by atoms with Gasteiger partial charge >= 0.3 is 0 Å². The molecule has 3 nitrogen and oxygen atoms in total. The summed E-state index contributed by atoms with van der Waals surface area (Å²) in [6.07, 6.45) is 4.34. The fourth-order valence-electron chi connectivity index (χ4n) is 3.44. The zero-order chi connectivity index (χ0) is 13.6. The summed E-state index contributed by atoms with van der Waals surface area (Å²) in [6, 6.07) is 2.19. The fraction of sp³-hybridized carbons (Fsp3) is 0.500. The number of halogens is 2. The molecular weight excluding hydrogens is 250 g/mol. The Labute approximate surface area is 110 Å². The van der Waals surface area contributed by atoms with Crippen LogP contribution >= 0.6 is 0 Å². The minimum atomic E-state index is -0.972. The lowest BCUT2D eigenvalue weighted by atomic mass is 9.95. The molecule has 0 aliphatic heterocycles. The molecule has 2 bridgehead atoms. The molecule has 102 valence electrons. The van der Waals surface area contributed by atoms with Gasteiger partial charge in [-0.1, -0.05) is 6.42 Å². The topological polar surface area (TPSA) is 55.1 Å². The molecule has 3 rings (SSSR count). The first-order valence-electron chi connectivity index (χ1n) is 6.60. The van der Waals surface area contributed by atoms with E-state index in [-0.39, 0.29) is 11.7 Å². The molecule has 0 heterocycles. The molecule has 19 heavy (non-hydrogen) atoms. The molecule has 2 aliphatic rings. The van der Waals surface area contributed by atoms with Crippen LogP contribution in [0.4, 0.5) is 14.5 Å². The quantitative estimate of drug-likeness (QED) is 0.808. The molecule has 1 amide bonds. The molecular formula is C14H16F2N2O. The van der Waals surface area contributed by atoms with Crippen LogP contribution in [0.15, 0.2) is 12.1 Å². The van der Waals surface area contributed by atoms with Gasteiger partial charge in [0.1, 0.15) is 11.4 Å². The van der Waals surface area contributed by atoms with Crippen molar-refractivity contribution < 1.29 is 13.6 Å². The van der Waals surface area contributed by atoms with E-state index >= 15 is 0 Å². The van der Waals surface area contributed by atoms with Crippen LogP contribution in [0.3, 0.4) is 0 Å². The van der Waals surface area contributed by atoms with Gasteiger partial charge in [-0.3, -0.25) is 4.79 Å². The number of anilines is 1. The summed E-state index contributed by atoms with van der Waals surface area (Å²) in [5.41, 5.74) is 4.60. The highest BCUT2D eigenvalue weighted by atomic mass is 19.1. The number of rotatable bonds is 2. The van der Waals surface area contributed by atoms with E-state index in [2.05, 4.69) is 5.32 Å². The van der Waals surface area contributed by atoms with Gasteiger partial charge in [0.25, 0.3) is 5.91 Å². The lowest BCUT2D eigenvalue weighted by molar-refractivity contribution is 0.0914. The van der Waals surface area contributed by atoms with Gasteiger partial charge in [-0.15, -0.1) is 0 Å². The van der Waals surface area contributed by atoms with Crippen LogP contribution in [-0.2, 0) is 0 Å². The fourth-order valence-corrected chi connectivity index (χ4v) is 3.44. The molecule has 2 fully saturated rings. The highest BCUT2D eigenvalue weighted by Gasteiger charge is 2.40. The van der Waals surface area contributed by atoms with Gasteiger partial charge in [-0.05, 0) is 43.2 Å². The van der Waals surface area contributed by atoms with Crippen molar-refractivity contribution in [3.05, 3.63) is 29.3 Å². The number of benzene rings is 1. The average molecular weight is 266 g/mol. The van der Waals surface area contributed by atoms with E-state index < -0.39 is 23.1 Å². The number of nitrogens with one attached hydrogen (secondary N) is 1. The molecule has 3 unspecified atom stereocenters. The second-order valence-electron chi connectivity index (χ2n) is 5.58. The van der Waals surface area contributed by atoms with Crippen LogP contribution in [0.2, 0.25) is 0 Å². The van der Waals surface area contributed by atoms with Crippen LogP contribution < -0.4 is 11.1 Å². The smallest absolute Gasteiger partial charge is 0.257 e. The van der Waals surface area contributed by atoms with Crippen LogP contribution in [-0.4, -0.2) is 11.9 Å². The van der Waals surface area contributed by atoms with Crippen LogP contribution in [0.1, 0.15) is 36.0 Å². The number of hydrogen-bond acceptors (Lipinski definition) is 2. The third-order valence-electron chi connectivity index (χ3n) is 4.40. The van der Waals surface area contributed by atoms with Crippen LogP contribution in [0.25, 0.3) is 0 Å². The maximum Gasteiger partial charge on any atom is 0.257 e. The van der Waals surface area contributed by atoms with Crippen LogP contribution in [0, 0.1) is 23.5 Å². The molecule has 2 aliphatic carbocycles. The largest absolute Gasteiger partial charge is 0.396 e. The van der Waals surface area contributed by atoms with Gasteiger partial charge in [0.2, 0.25) is 0 Å². The molecule has 0 spiro atoms. The Morgan fingerprint density at radius 1 is 1.26 bits per heavy atom. The summed E-state index contributed by atoms with van der Waals surface area (Å²) >= 11 is 0. The van der Waals surface area contributed by atoms with E-state index in [0.29, 0.717) is 11.8 Å². The Hall–Kier alpha value is -1.65. The van der Waals surface area contributed by atoms with Gasteiger partial charge in [0.15, 0.2) is 5.82 Å². The summed E-state index contributed by atoms with van der Waals surface area (Å²) < 4.78 is 27.3. The minimum Gasteiger partial charge on any atom is -0.396 e. The summed E-state index contributed by atoms with van der Waals surface area (Å²) in [7, 11) is 0. The SMILES string of the molecule is Nc1ccc(F)c(C(=O)NC2CC3CCC2C3)c1F. The van der Waals surface area contributed by atoms with Crippen molar-refractivity contribution in [3.63, 3.8) is 0 Å². The first-order valence-corrected chi connectivity index (χ1v) is 6.60. The normalized spacial score (nSPS) is 28.6. The number of hydrogen-bond donors (Lipinski definition) is 2. The molecule has 1 aromatic rings. The van der Waals surface area contributed by atoms with Gasteiger partial charge in [-0.2, -0.15) is 0 Å². The third kappa shape index (κ3) is 2.07. The predicted octanol–water partition coefficient (Wildman–Crippen LogP) is 2.47. The van der Waals surface area contributed by atoms with Crippen molar-refractivity contribution in [1.82, 2.24) is 5.32 Å². The molecule has 0 saturated heterocycles. The van der Waals surface area contributed by atoms with Crippen molar-refractivity contribution >= 4 is 11.6 Å². The van der Waals surface area contributed by atoms with Gasteiger partial charge < -0.3 is 11.1 Å². The summed E-state index contributed by atoms with van der Waals surface area (Å²) in [5.74, 6) is -1.42. The van der Waals surface area contributed by atoms with E-state index in [1.807, 2.05) is 0 Å². The highest BCUT2D eigenvalue weighted by Crippen LogP contribution is 2.44. The minimum absolute atomic E-state index is 0.0477. The van der Waals surface area contributed by atoms with Crippen molar-refractivity contribution in [2.75, 3.05) is 5.73 Å². The second kappa shape index (κ2) is 4.47. The number of amides is 1. The molecule has 2 saturated carbocycles. The highest BCUT2D eigenvalue weighted by molar-refractivity contribution is 5.95. The summed E-state index contributed by atoms with van der Waals surface area (Å²) in [4.78, 5) is 12.0. The Bertz CT molecular complexity index is 532. The van der Waals surface area contributed by atoms with Gasteiger partial charge in [-0.25, -0.2) is 8.78 Å². The Kier molecular flexibility index (Phi) is 2.92. The monoisotopic (exact) mass is 266 g/mol. The van der Waals surface area contributed by atoms with E-state index in [4.69, 9.17) is 5.73 Å². The Balaban J connectivity index is 1.79. The molecule has 3 atom stereocenters. The van der Waals surface area contributed by atoms with Crippen molar-refractivity contribution in [3.8, 4) is 0 Å². The first-order chi connectivity index (χ1) is 9.06. The van der Waals surface area contributed by atoms with Gasteiger partial charge in [0.05, 0.1) is 5.69 Å². The lowest BCUT2D eigenvalue weighted by Gasteiger charge is -2.23. The Morgan fingerprint density at radius 2 is 2.05 bits per heavy atom.